The van der Waals surface area contributed by atoms with Crippen LogP contribution in [0.2, 0.25) is 0 Å². The van der Waals surface area contributed by atoms with Crippen LogP contribution in [0.25, 0.3) is 0 Å². The van der Waals surface area contributed by atoms with Crippen molar-refractivity contribution in [3.05, 3.63) is 0 Å². The molecule has 3 nitrogen and oxygen atoms in total. The molecule has 0 aromatic carbocycles. The van der Waals surface area contributed by atoms with E-state index in [1.54, 1.807) is 11.8 Å². The van der Waals surface area contributed by atoms with Gasteiger partial charge in [0.15, 0.2) is 0 Å². The molecule has 0 spiro atoms. The molecule has 1 unspecified atom stereocenters. The minimum atomic E-state index is -0.843. The highest BCUT2D eigenvalue weighted by Gasteiger charge is 2.13. The van der Waals surface area contributed by atoms with Crippen LogP contribution < -0.4 is 4.72 Å². The van der Waals surface area contributed by atoms with Gasteiger partial charge in [-0.1, -0.05) is 20.2 Å². The van der Waals surface area contributed by atoms with Gasteiger partial charge in [-0.3, -0.25) is 9.52 Å². The van der Waals surface area contributed by atoms with Gasteiger partial charge in [0.2, 0.25) is 0 Å². The summed E-state index contributed by atoms with van der Waals surface area (Å²) in [5, 5.41) is 8.48. The monoisotopic (exact) mass is 197 g/mol. The van der Waals surface area contributed by atoms with Crippen LogP contribution in [-0.2, 0) is 4.79 Å². The van der Waals surface area contributed by atoms with Crippen molar-refractivity contribution >= 4 is 30.5 Å². The molecule has 5 heteroatoms. The normalized spacial score (nSPS) is 11.8. The molecule has 0 fully saturated rings. The fourth-order valence-electron chi connectivity index (χ4n) is 0.479. The molecule has 0 aliphatic carbocycles. The van der Waals surface area contributed by atoms with Crippen molar-refractivity contribution in [1.29, 1.82) is 0 Å². The average Bonchev–Trinajstić information content (AvgIpc) is 1.89. The molecule has 68 valence electrons. The Morgan fingerprint density at radius 2 is 2.36 bits per heavy atom. The molecule has 0 heterocycles. The summed E-state index contributed by atoms with van der Waals surface area (Å²) in [5.74, 6) is -0.00565. The third-order valence-corrected chi connectivity index (χ3v) is 2.02. The number of thiol groups is 1. The van der Waals surface area contributed by atoms with Crippen molar-refractivity contribution in [2.45, 2.75) is 19.9 Å². The summed E-state index contributed by atoms with van der Waals surface area (Å²) in [5.41, 5.74) is 0. The van der Waals surface area contributed by atoms with E-state index in [9.17, 15) is 4.79 Å². The Morgan fingerprint density at radius 1 is 1.82 bits per heavy atom. The minimum Gasteiger partial charge on any atom is -0.480 e. The zero-order chi connectivity index (χ0) is 7.98. The number of rotatable bonds is 5. The van der Waals surface area contributed by atoms with E-state index in [-0.39, 0.29) is 7.43 Å². The molecule has 0 saturated carbocycles. The van der Waals surface area contributed by atoms with E-state index in [0.29, 0.717) is 6.42 Å². The van der Waals surface area contributed by atoms with E-state index in [1.165, 1.54) is 0 Å². The molecule has 0 saturated heterocycles. The van der Waals surface area contributed by atoms with Crippen LogP contribution in [0.5, 0.6) is 0 Å². The molecular formula is C6H15NO2S2. The lowest BCUT2D eigenvalue weighted by molar-refractivity contribution is -0.138. The van der Waals surface area contributed by atoms with Crippen LogP contribution in [0.3, 0.4) is 0 Å². The summed E-state index contributed by atoms with van der Waals surface area (Å²) >= 11 is 5.31. The molecule has 0 aliphatic rings. The van der Waals surface area contributed by atoms with Gasteiger partial charge in [-0.05, 0) is 18.4 Å². The smallest absolute Gasteiger partial charge is 0.321 e. The van der Waals surface area contributed by atoms with Gasteiger partial charge < -0.3 is 5.11 Å². The number of hydrogen-bond acceptors (Lipinski definition) is 4. The molecule has 2 N–H and O–H groups in total. The summed E-state index contributed by atoms with van der Waals surface area (Å²) in [6, 6.07) is -0.518. The van der Waals surface area contributed by atoms with Crippen molar-refractivity contribution in [1.82, 2.24) is 4.72 Å². The molecule has 11 heavy (non-hydrogen) atoms. The highest BCUT2D eigenvalue weighted by molar-refractivity contribution is 7.98. The highest BCUT2D eigenvalue weighted by Crippen LogP contribution is 2.00. The van der Waals surface area contributed by atoms with Crippen molar-refractivity contribution in [3.8, 4) is 0 Å². The van der Waals surface area contributed by atoms with Gasteiger partial charge in [-0.2, -0.15) is 11.8 Å². The highest BCUT2D eigenvalue weighted by atomic mass is 32.2. The Morgan fingerprint density at radius 3 is 2.64 bits per heavy atom. The summed E-state index contributed by atoms with van der Waals surface area (Å²) in [6.07, 6.45) is 2.55. The third-order valence-electron chi connectivity index (χ3n) is 1.06. The Bertz CT molecular complexity index is 111. The number of aliphatic carboxylic acids is 1. The molecule has 0 radical (unpaired) electrons. The maximum atomic E-state index is 10.3. The molecule has 0 rings (SSSR count). The van der Waals surface area contributed by atoms with Crippen LogP contribution in [0.4, 0.5) is 0 Å². The fraction of sp³-hybridized carbons (Fsp3) is 0.833. The Kier molecular flexibility index (Phi) is 10.2. The largest absolute Gasteiger partial charge is 0.480 e. The van der Waals surface area contributed by atoms with Crippen LogP contribution in [0.15, 0.2) is 0 Å². The second-order valence-electron chi connectivity index (χ2n) is 1.80. The number of carboxylic acid groups (broad SMARTS) is 1. The van der Waals surface area contributed by atoms with E-state index in [2.05, 4.69) is 17.5 Å². The maximum absolute atomic E-state index is 10.3. The molecule has 0 aliphatic heterocycles. The number of thioether (sulfide) groups is 1. The van der Waals surface area contributed by atoms with E-state index in [4.69, 9.17) is 5.11 Å². The predicted molar refractivity (Wildman–Crippen MR) is 53.3 cm³/mol. The Balaban J connectivity index is 0. The Hall–Kier alpha value is 0.130. The summed E-state index contributed by atoms with van der Waals surface area (Å²) in [7, 11) is 0. The summed E-state index contributed by atoms with van der Waals surface area (Å²) in [4.78, 5) is 10.3. The predicted octanol–water partition coefficient (Wildman–Crippen LogP) is 1.26. The van der Waals surface area contributed by atoms with Crippen molar-refractivity contribution < 1.29 is 9.90 Å². The molecular weight excluding hydrogens is 182 g/mol. The van der Waals surface area contributed by atoms with Gasteiger partial charge in [-0.15, -0.1) is 0 Å². The van der Waals surface area contributed by atoms with Gasteiger partial charge in [0.1, 0.15) is 6.04 Å². The second kappa shape index (κ2) is 8.23. The number of nitrogens with one attached hydrogen (secondary N) is 1. The first-order chi connectivity index (χ1) is 4.72. The first-order valence-corrected chi connectivity index (χ1v) is 4.67. The number of hydrogen-bond donors (Lipinski definition) is 3. The van der Waals surface area contributed by atoms with Crippen molar-refractivity contribution in [2.24, 2.45) is 0 Å². The number of carboxylic acids is 1. The molecule has 0 amide bonds. The summed E-state index contributed by atoms with van der Waals surface area (Å²) < 4.78 is 2.42. The molecule has 0 bridgehead atoms. The summed E-state index contributed by atoms with van der Waals surface area (Å²) in [6.45, 7) is 0. The lowest BCUT2D eigenvalue weighted by atomic mass is 10.2. The standard InChI is InChI=1S/C5H11NO2S2.CH4/c1-10-3-2-4(6-9)5(7)8;/h4,6,9H,2-3H2,1H3,(H,7,8);1H4. The lowest BCUT2D eigenvalue weighted by Gasteiger charge is -2.07. The third kappa shape index (κ3) is 6.52. The molecule has 0 aromatic heterocycles. The fourth-order valence-corrected chi connectivity index (χ4v) is 1.19. The second-order valence-corrected chi connectivity index (χ2v) is 3.05. The van der Waals surface area contributed by atoms with Crippen LogP contribution in [0.1, 0.15) is 13.8 Å². The van der Waals surface area contributed by atoms with E-state index in [1.807, 2.05) is 6.26 Å². The minimum absolute atomic E-state index is 0. The van der Waals surface area contributed by atoms with Gasteiger partial charge in [0.05, 0.1) is 0 Å². The Labute approximate surface area is 77.5 Å². The van der Waals surface area contributed by atoms with Crippen molar-refractivity contribution in [2.75, 3.05) is 12.0 Å². The van der Waals surface area contributed by atoms with Crippen molar-refractivity contribution in [3.63, 3.8) is 0 Å². The topological polar surface area (TPSA) is 49.3 Å². The zero-order valence-electron chi connectivity index (χ0n) is 5.70. The van der Waals surface area contributed by atoms with Gasteiger partial charge in [0.25, 0.3) is 0 Å². The van der Waals surface area contributed by atoms with Crippen LogP contribution in [0, 0.1) is 0 Å². The number of carbonyl (C=O) groups is 1. The average molecular weight is 197 g/mol. The zero-order valence-corrected chi connectivity index (χ0v) is 7.41. The van der Waals surface area contributed by atoms with E-state index in [0.717, 1.165) is 5.75 Å². The quantitative estimate of drug-likeness (QED) is 0.581. The lowest BCUT2D eigenvalue weighted by Crippen LogP contribution is -2.31. The SMILES string of the molecule is C.CSCCC(NS)C(=O)O. The van der Waals surface area contributed by atoms with Gasteiger partial charge >= 0.3 is 5.97 Å². The first kappa shape index (κ1) is 13.7. The van der Waals surface area contributed by atoms with E-state index < -0.39 is 12.0 Å². The van der Waals surface area contributed by atoms with Gasteiger partial charge in [-0.25, -0.2) is 0 Å². The van der Waals surface area contributed by atoms with Crippen LogP contribution >= 0.6 is 24.6 Å². The first-order valence-electron chi connectivity index (χ1n) is 2.83. The van der Waals surface area contributed by atoms with Crippen LogP contribution in [-0.4, -0.2) is 29.1 Å². The van der Waals surface area contributed by atoms with E-state index >= 15 is 0 Å². The molecule has 0 aromatic rings. The van der Waals surface area contributed by atoms with Gasteiger partial charge in [0, 0.05) is 0 Å². The molecule has 1 atom stereocenters. The maximum Gasteiger partial charge on any atom is 0.321 e.